The second-order valence-corrected chi connectivity index (χ2v) is 7.00. The van der Waals surface area contributed by atoms with Gasteiger partial charge < -0.3 is 25.3 Å². The number of ether oxygens (including phenoxy) is 1. The van der Waals surface area contributed by atoms with Gasteiger partial charge in [0.15, 0.2) is 11.6 Å². The minimum atomic E-state index is -1.05. The van der Waals surface area contributed by atoms with Crippen molar-refractivity contribution in [1.82, 2.24) is 4.98 Å². The van der Waals surface area contributed by atoms with E-state index in [1.54, 1.807) is 19.2 Å². The molecule has 156 valence electrons. The van der Waals surface area contributed by atoms with Crippen molar-refractivity contribution in [2.75, 3.05) is 35.7 Å². The molecule has 2 aromatic carbocycles. The maximum absolute atomic E-state index is 13.5. The Morgan fingerprint density at radius 3 is 2.47 bits per heavy atom. The van der Waals surface area contributed by atoms with Gasteiger partial charge in [0.05, 0.1) is 24.0 Å². The van der Waals surface area contributed by atoms with Gasteiger partial charge in [0.25, 0.3) is 0 Å². The topological polar surface area (TPSA) is 86.5 Å². The lowest BCUT2D eigenvalue weighted by Crippen LogP contribution is -2.29. The third-order valence-corrected chi connectivity index (χ3v) is 5.06. The molecule has 0 aliphatic carbocycles. The highest BCUT2D eigenvalue weighted by Gasteiger charge is 2.20. The Bertz CT molecular complexity index is 1120. The van der Waals surface area contributed by atoms with E-state index in [2.05, 4.69) is 20.5 Å². The first-order valence-electron chi connectivity index (χ1n) is 9.47. The molecule has 2 amide bonds. The molecule has 0 unspecified atom stereocenters. The van der Waals surface area contributed by atoms with E-state index in [1.807, 2.05) is 6.07 Å². The molecule has 0 atom stereocenters. The van der Waals surface area contributed by atoms with Crippen molar-refractivity contribution in [3.63, 3.8) is 0 Å². The van der Waals surface area contributed by atoms with Crippen LogP contribution >= 0.6 is 0 Å². The van der Waals surface area contributed by atoms with Crippen LogP contribution in [0.4, 0.5) is 25.8 Å². The van der Waals surface area contributed by atoms with Crippen molar-refractivity contribution in [2.24, 2.45) is 0 Å². The van der Waals surface area contributed by atoms with Crippen molar-refractivity contribution in [1.29, 1.82) is 0 Å². The Morgan fingerprint density at radius 2 is 1.73 bits per heavy atom. The first kappa shape index (κ1) is 19.7. The molecule has 1 aromatic heterocycles. The number of amides is 2. The van der Waals surface area contributed by atoms with E-state index >= 15 is 0 Å². The number of rotatable bonds is 4. The number of aromatic amines is 1. The highest BCUT2D eigenvalue weighted by atomic mass is 19.2. The minimum absolute atomic E-state index is 0.172. The summed E-state index contributed by atoms with van der Waals surface area (Å²) < 4.78 is 32.3. The van der Waals surface area contributed by atoms with Crippen molar-refractivity contribution in [2.45, 2.75) is 12.8 Å². The lowest BCUT2D eigenvalue weighted by atomic mass is 10.2. The SMILES string of the molecule is COc1cc(NC(=O)C(=O)Nc2c[nH]c3cc(F)c(F)cc23)ccc1N1CCCC1. The minimum Gasteiger partial charge on any atom is -0.495 e. The summed E-state index contributed by atoms with van der Waals surface area (Å²) in [6.45, 7) is 1.89. The van der Waals surface area contributed by atoms with Crippen LogP contribution in [0.2, 0.25) is 0 Å². The van der Waals surface area contributed by atoms with Gasteiger partial charge in [-0.2, -0.15) is 0 Å². The summed E-state index contributed by atoms with van der Waals surface area (Å²) in [4.78, 5) is 29.5. The van der Waals surface area contributed by atoms with Crippen LogP contribution in [0.15, 0.2) is 36.5 Å². The van der Waals surface area contributed by atoms with Crippen LogP contribution in [0.3, 0.4) is 0 Å². The van der Waals surface area contributed by atoms with Gasteiger partial charge in [-0.1, -0.05) is 0 Å². The molecule has 3 aromatic rings. The summed E-state index contributed by atoms with van der Waals surface area (Å²) in [7, 11) is 1.55. The van der Waals surface area contributed by atoms with E-state index in [9.17, 15) is 18.4 Å². The lowest BCUT2D eigenvalue weighted by Gasteiger charge is -2.21. The summed E-state index contributed by atoms with van der Waals surface area (Å²) in [5.41, 5.74) is 1.81. The molecule has 9 heteroatoms. The molecule has 1 aliphatic rings. The lowest BCUT2D eigenvalue weighted by molar-refractivity contribution is -0.132. The number of H-pyrrole nitrogens is 1. The first-order chi connectivity index (χ1) is 14.5. The summed E-state index contributed by atoms with van der Waals surface area (Å²) in [5, 5.41) is 5.18. The van der Waals surface area contributed by atoms with Crippen LogP contribution in [0.1, 0.15) is 12.8 Å². The van der Waals surface area contributed by atoms with Gasteiger partial charge in [-0.05, 0) is 31.0 Å². The third kappa shape index (κ3) is 3.78. The number of anilines is 3. The quantitative estimate of drug-likeness (QED) is 0.569. The number of nitrogens with one attached hydrogen (secondary N) is 3. The second-order valence-electron chi connectivity index (χ2n) is 7.00. The Morgan fingerprint density at radius 1 is 1.03 bits per heavy atom. The first-order valence-corrected chi connectivity index (χ1v) is 9.47. The second kappa shape index (κ2) is 8.02. The smallest absolute Gasteiger partial charge is 0.314 e. The van der Waals surface area contributed by atoms with Crippen LogP contribution < -0.4 is 20.3 Å². The number of methoxy groups -OCH3 is 1. The third-order valence-electron chi connectivity index (χ3n) is 5.06. The number of benzene rings is 2. The van der Waals surface area contributed by atoms with Gasteiger partial charge in [0, 0.05) is 42.5 Å². The molecule has 0 saturated carbocycles. The standard InChI is InChI=1S/C21H20F2N4O3/c1-30-19-8-12(4-5-18(19)27-6-2-3-7-27)25-20(28)21(29)26-17-11-24-16-10-15(23)14(22)9-13(16)17/h4-5,8-11,24H,2-3,6-7H2,1H3,(H,25,28)(H,26,29). The van der Waals surface area contributed by atoms with Crippen LogP contribution in [0, 0.1) is 11.6 Å². The average Bonchev–Trinajstić information content (AvgIpc) is 3.39. The van der Waals surface area contributed by atoms with Gasteiger partial charge in [-0.15, -0.1) is 0 Å². The van der Waals surface area contributed by atoms with Gasteiger partial charge >= 0.3 is 11.8 Å². The maximum atomic E-state index is 13.5. The molecule has 7 nitrogen and oxygen atoms in total. The van der Waals surface area contributed by atoms with E-state index in [1.165, 1.54) is 6.20 Å². The largest absolute Gasteiger partial charge is 0.495 e. The number of nitrogens with zero attached hydrogens (tertiary/aromatic N) is 1. The number of hydrogen-bond acceptors (Lipinski definition) is 4. The van der Waals surface area contributed by atoms with Crippen LogP contribution in [0.25, 0.3) is 10.9 Å². The number of fused-ring (bicyclic) bond motifs is 1. The zero-order valence-electron chi connectivity index (χ0n) is 16.2. The molecule has 1 aliphatic heterocycles. The van der Waals surface area contributed by atoms with Gasteiger partial charge in [0.1, 0.15) is 5.75 Å². The van der Waals surface area contributed by atoms with Gasteiger partial charge in [-0.3, -0.25) is 9.59 Å². The zero-order valence-corrected chi connectivity index (χ0v) is 16.2. The molecule has 1 saturated heterocycles. The van der Waals surface area contributed by atoms with Crippen molar-refractivity contribution < 1.29 is 23.1 Å². The Hall–Kier alpha value is -3.62. The summed E-state index contributed by atoms with van der Waals surface area (Å²) >= 11 is 0. The summed E-state index contributed by atoms with van der Waals surface area (Å²) in [6, 6.07) is 7.13. The Balaban J connectivity index is 1.47. The van der Waals surface area contributed by atoms with E-state index in [0.717, 1.165) is 43.8 Å². The molecule has 3 N–H and O–H groups in total. The Labute approximate surface area is 171 Å². The van der Waals surface area contributed by atoms with Crippen LogP contribution in [-0.4, -0.2) is 37.0 Å². The van der Waals surface area contributed by atoms with Crippen LogP contribution in [0.5, 0.6) is 5.75 Å². The van der Waals surface area contributed by atoms with Crippen molar-refractivity contribution in [3.05, 3.63) is 48.2 Å². The Kier molecular flexibility index (Phi) is 5.26. The molecule has 30 heavy (non-hydrogen) atoms. The van der Waals surface area contributed by atoms with E-state index in [4.69, 9.17) is 4.74 Å². The van der Waals surface area contributed by atoms with Crippen molar-refractivity contribution >= 4 is 39.8 Å². The predicted molar refractivity (Wildman–Crippen MR) is 110 cm³/mol. The van der Waals surface area contributed by atoms with Gasteiger partial charge in [-0.25, -0.2) is 8.78 Å². The molecule has 0 bridgehead atoms. The molecule has 1 fully saturated rings. The molecule has 2 heterocycles. The van der Waals surface area contributed by atoms with Crippen molar-refractivity contribution in [3.8, 4) is 5.75 Å². The monoisotopic (exact) mass is 414 g/mol. The summed E-state index contributed by atoms with van der Waals surface area (Å²) in [6.07, 6.45) is 3.60. The van der Waals surface area contributed by atoms with Gasteiger partial charge in [0.2, 0.25) is 0 Å². The highest BCUT2D eigenvalue weighted by Crippen LogP contribution is 2.33. The normalized spacial score (nSPS) is 13.5. The zero-order chi connectivity index (χ0) is 21.3. The summed E-state index contributed by atoms with van der Waals surface area (Å²) in [5.74, 6) is -3.30. The fourth-order valence-corrected chi connectivity index (χ4v) is 3.56. The van der Waals surface area contributed by atoms with E-state index in [0.29, 0.717) is 17.0 Å². The molecule has 0 spiro atoms. The number of halogens is 2. The maximum Gasteiger partial charge on any atom is 0.314 e. The number of aromatic nitrogens is 1. The van der Waals surface area contributed by atoms with E-state index < -0.39 is 23.4 Å². The number of carbonyl (C=O) groups excluding carboxylic acids is 2. The molecule has 0 radical (unpaired) electrons. The fraction of sp³-hybridized carbons (Fsp3) is 0.238. The highest BCUT2D eigenvalue weighted by molar-refractivity contribution is 6.44. The van der Waals surface area contributed by atoms with E-state index in [-0.39, 0.29) is 11.1 Å². The number of carbonyl (C=O) groups is 2. The molecular formula is C21H20F2N4O3. The molecular weight excluding hydrogens is 394 g/mol. The van der Waals surface area contributed by atoms with Crippen LogP contribution in [-0.2, 0) is 9.59 Å². The fourth-order valence-electron chi connectivity index (χ4n) is 3.56. The predicted octanol–water partition coefficient (Wildman–Crippen LogP) is 3.63. The molecule has 4 rings (SSSR count). The average molecular weight is 414 g/mol. The number of hydrogen-bond donors (Lipinski definition) is 3.